The van der Waals surface area contributed by atoms with Crippen molar-refractivity contribution in [1.29, 1.82) is 0 Å². The molecule has 1 saturated heterocycles. The maximum Gasteiger partial charge on any atom is 0.231 e. The SMILES string of the molecule is CNc1nc(NCc2csc(C)n2)nc(N2CCCC2)n1. The molecule has 0 aliphatic carbocycles. The Bertz CT molecular complexity index is 606. The van der Waals surface area contributed by atoms with Crippen molar-refractivity contribution in [1.82, 2.24) is 19.9 Å². The number of nitrogens with zero attached hydrogens (tertiary/aromatic N) is 5. The monoisotopic (exact) mass is 305 g/mol. The van der Waals surface area contributed by atoms with Gasteiger partial charge >= 0.3 is 0 Å². The van der Waals surface area contributed by atoms with Gasteiger partial charge in [-0.05, 0) is 19.8 Å². The van der Waals surface area contributed by atoms with Crippen molar-refractivity contribution >= 4 is 29.2 Å². The molecule has 0 saturated carbocycles. The first-order valence-electron chi connectivity index (χ1n) is 7.08. The molecule has 0 unspecified atom stereocenters. The van der Waals surface area contributed by atoms with Crippen molar-refractivity contribution < 1.29 is 0 Å². The molecular weight excluding hydrogens is 286 g/mol. The zero-order chi connectivity index (χ0) is 14.7. The number of thiazole rings is 1. The van der Waals surface area contributed by atoms with Gasteiger partial charge in [-0.1, -0.05) is 0 Å². The third-order valence-electron chi connectivity index (χ3n) is 3.33. The highest BCUT2D eigenvalue weighted by atomic mass is 32.1. The lowest BCUT2D eigenvalue weighted by atomic mass is 10.4. The van der Waals surface area contributed by atoms with Gasteiger partial charge in [0.05, 0.1) is 17.2 Å². The Morgan fingerprint density at radius 2 is 1.90 bits per heavy atom. The van der Waals surface area contributed by atoms with Crippen molar-refractivity contribution in [3.8, 4) is 0 Å². The van der Waals surface area contributed by atoms with Gasteiger partial charge in [-0.2, -0.15) is 15.0 Å². The fourth-order valence-corrected chi connectivity index (χ4v) is 2.89. The second kappa shape index (κ2) is 6.21. The van der Waals surface area contributed by atoms with Crippen LogP contribution in [0.1, 0.15) is 23.5 Å². The molecule has 2 aromatic rings. The minimum Gasteiger partial charge on any atom is -0.357 e. The first-order valence-corrected chi connectivity index (χ1v) is 7.96. The zero-order valence-electron chi connectivity index (χ0n) is 12.3. The maximum absolute atomic E-state index is 4.51. The summed E-state index contributed by atoms with van der Waals surface area (Å²) in [7, 11) is 1.82. The highest BCUT2D eigenvalue weighted by molar-refractivity contribution is 7.09. The quantitative estimate of drug-likeness (QED) is 0.873. The zero-order valence-corrected chi connectivity index (χ0v) is 13.1. The number of hydrogen-bond donors (Lipinski definition) is 2. The molecule has 0 aromatic carbocycles. The Kier molecular flexibility index (Phi) is 4.14. The van der Waals surface area contributed by atoms with Crippen molar-refractivity contribution in [3.05, 3.63) is 16.1 Å². The fourth-order valence-electron chi connectivity index (χ4n) is 2.27. The van der Waals surface area contributed by atoms with Crippen LogP contribution < -0.4 is 15.5 Å². The molecule has 0 atom stereocenters. The van der Waals surface area contributed by atoms with E-state index in [1.54, 1.807) is 11.3 Å². The molecule has 1 aliphatic rings. The first-order chi connectivity index (χ1) is 10.2. The van der Waals surface area contributed by atoms with E-state index in [1.807, 2.05) is 19.4 Å². The average Bonchev–Trinajstić information content (AvgIpc) is 3.16. The van der Waals surface area contributed by atoms with E-state index in [1.165, 1.54) is 12.8 Å². The second-order valence-corrected chi connectivity index (χ2v) is 6.00. The normalized spacial score (nSPS) is 14.5. The lowest BCUT2D eigenvalue weighted by Gasteiger charge is -2.16. The molecule has 3 heterocycles. The van der Waals surface area contributed by atoms with Gasteiger partial charge in [-0.15, -0.1) is 11.3 Å². The van der Waals surface area contributed by atoms with Crippen molar-refractivity contribution in [2.75, 3.05) is 35.7 Å². The number of rotatable bonds is 5. The minimum absolute atomic E-state index is 0.585. The Hall–Kier alpha value is -1.96. The number of aryl methyl sites for hydroxylation is 1. The molecule has 0 radical (unpaired) electrons. The Morgan fingerprint density at radius 3 is 2.57 bits per heavy atom. The summed E-state index contributed by atoms with van der Waals surface area (Å²) in [5.41, 5.74) is 1.01. The number of hydrogen-bond acceptors (Lipinski definition) is 8. The van der Waals surface area contributed by atoms with Gasteiger partial charge in [0.2, 0.25) is 17.8 Å². The summed E-state index contributed by atoms with van der Waals surface area (Å²) in [4.78, 5) is 19.9. The summed E-state index contributed by atoms with van der Waals surface area (Å²) in [6.45, 7) is 4.65. The first kappa shape index (κ1) is 14.0. The van der Waals surface area contributed by atoms with Crippen molar-refractivity contribution in [3.63, 3.8) is 0 Å². The average molecular weight is 305 g/mol. The molecule has 3 rings (SSSR count). The molecule has 2 N–H and O–H groups in total. The van der Waals surface area contributed by atoms with E-state index >= 15 is 0 Å². The van der Waals surface area contributed by atoms with E-state index in [0.717, 1.165) is 29.7 Å². The highest BCUT2D eigenvalue weighted by Gasteiger charge is 2.17. The molecule has 1 aliphatic heterocycles. The lowest BCUT2D eigenvalue weighted by molar-refractivity contribution is 0.876. The standard InChI is InChI=1S/C13H19N7S/c1-9-16-10(8-21-9)7-15-12-17-11(14-2)18-13(19-12)20-5-3-4-6-20/h8H,3-7H2,1-2H3,(H2,14,15,17,18,19). The summed E-state index contributed by atoms with van der Waals surface area (Å²) < 4.78 is 0. The van der Waals surface area contributed by atoms with Crippen LogP contribution in [0.3, 0.4) is 0 Å². The smallest absolute Gasteiger partial charge is 0.231 e. The van der Waals surface area contributed by atoms with Gasteiger partial charge < -0.3 is 15.5 Å². The number of anilines is 3. The molecule has 0 amide bonds. The molecule has 1 fully saturated rings. The summed E-state index contributed by atoms with van der Waals surface area (Å²) >= 11 is 1.65. The van der Waals surface area contributed by atoms with Crippen LogP contribution in [-0.2, 0) is 6.54 Å². The third kappa shape index (κ3) is 3.38. The molecule has 112 valence electrons. The predicted octanol–water partition coefficient (Wildman–Crippen LogP) is 1.89. The van der Waals surface area contributed by atoms with Crippen molar-refractivity contribution in [2.24, 2.45) is 0 Å². The fraction of sp³-hybridized carbons (Fsp3) is 0.538. The number of nitrogens with one attached hydrogen (secondary N) is 2. The van der Waals surface area contributed by atoms with E-state index in [2.05, 4.69) is 35.5 Å². The lowest BCUT2D eigenvalue weighted by Crippen LogP contribution is -2.22. The van der Waals surface area contributed by atoms with Crippen molar-refractivity contribution in [2.45, 2.75) is 26.3 Å². The van der Waals surface area contributed by atoms with Gasteiger partial charge in [0.1, 0.15) is 0 Å². The van der Waals surface area contributed by atoms with Gasteiger partial charge in [-0.25, -0.2) is 4.98 Å². The van der Waals surface area contributed by atoms with E-state index in [4.69, 9.17) is 0 Å². The molecule has 8 heteroatoms. The molecule has 21 heavy (non-hydrogen) atoms. The topological polar surface area (TPSA) is 78.9 Å². The van der Waals surface area contributed by atoms with Crippen LogP contribution >= 0.6 is 11.3 Å². The highest BCUT2D eigenvalue weighted by Crippen LogP contribution is 2.19. The van der Waals surface area contributed by atoms with E-state index < -0.39 is 0 Å². The molecule has 7 nitrogen and oxygen atoms in total. The Morgan fingerprint density at radius 1 is 1.14 bits per heavy atom. The molecular formula is C13H19N7S. The van der Waals surface area contributed by atoms with Crippen LogP contribution in [0.15, 0.2) is 5.38 Å². The van der Waals surface area contributed by atoms with E-state index in [9.17, 15) is 0 Å². The van der Waals surface area contributed by atoms with Crippen LogP contribution in [-0.4, -0.2) is 40.1 Å². The predicted molar refractivity (Wildman–Crippen MR) is 85.0 cm³/mol. The number of aromatic nitrogens is 4. The molecule has 2 aromatic heterocycles. The van der Waals surface area contributed by atoms with Crippen LogP contribution in [0, 0.1) is 6.92 Å². The summed E-state index contributed by atoms with van der Waals surface area (Å²) in [6.07, 6.45) is 2.39. The second-order valence-electron chi connectivity index (χ2n) is 4.94. The molecule has 0 bridgehead atoms. The van der Waals surface area contributed by atoms with E-state index in [-0.39, 0.29) is 0 Å². The molecule has 0 spiro atoms. The minimum atomic E-state index is 0.585. The van der Waals surface area contributed by atoms with E-state index in [0.29, 0.717) is 18.4 Å². The van der Waals surface area contributed by atoms with Crippen LogP contribution in [0.25, 0.3) is 0 Å². The summed E-state index contributed by atoms with van der Waals surface area (Å²) in [6, 6.07) is 0. The van der Waals surface area contributed by atoms with Gasteiger partial charge in [0.25, 0.3) is 0 Å². The van der Waals surface area contributed by atoms with Crippen LogP contribution in [0.4, 0.5) is 17.8 Å². The van der Waals surface area contributed by atoms with Crippen LogP contribution in [0.5, 0.6) is 0 Å². The summed E-state index contributed by atoms with van der Waals surface area (Å²) in [5, 5.41) is 9.33. The summed E-state index contributed by atoms with van der Waals surface area (Å²) in [5.74, 6) is 1.91. The van der Waals surface area contributed by atoms with Gasteiger partial charge in [0.15, 0.2) is 0 Å². The van der Waals surface area contributed by atoms with Gasteiger partial charge in [0, 0.05) is 25.5 Å². The van der Waals surface area contributed by atoms with Crippen LogP contribution in [0.2, 0.25) is 0 Å². The Labute approximate surface area is 127 Å². The third-order valence-corrected chi connectivity index (χ3v) is 4.15. The largest absolute Gasteiger partial charge is 0.357 e. The Balaban J connectivity index is 1.75. The maximum atomic E-state index is 4.51. The van der Waals surface area contributed by atoms with Gasteiger partial charge in [-0.3, -0.25) is 0 Å².